The summed E-state index contributed by atoms with van der Waals surface area (Å²) in [5.41, 5.74) is 0.0667. The van der Waals surface area contributed by atoms with Crippen molar-refractivity contribution in [2.75, 3.05) is 7.11 Å². The van der Waals surface area contributed by atoms with Crippen LogP contribution >= 0.6 is 11.6 Å². The van der Waals surface area contributed by atoms with E-state index in [0.717, 1.165) is 18.2 Å². The highest BCUT2D eigenvalue weighted by Gasteiger charge is 2.15. The largest absolute Gasteiger partial charge is 0.494 e. The molecule has 19 heavy (non-hydrogen) atoms. The van der Waals surface area contributed by atoms with Crippen molar-refractivity contribution in [3.8, 4) is 5.75 Å². The number of carbonyl (C=O) groups excluding carboxylic acids is 1. The lowest BCUT2D eigenvalue weighted by Gasteiger charge is -2.06. The maximum absolute atomic E-state index is 13.5. The van der Waals surface area contributed by atoms with Gasteiger partial charge in [0, 0.05) is 11.1 Å². The van der Waals surface area contributed by atoms with Crippen molar-refractivity contribution in [1.29, 1.82) is 0 Å². The van der Waals surface area contributed by atoms with Crippen molar-refractivity contribution in [3.63, 3.8) is 0 Å². The van der Waals surface area contributed by atoms with E-state index in [1.807, 2.05) is 0 Å². The number of hydrogen-bond acceptors (Lipinski definition) is 2. The van der Waals surface area contributed by atoms with Crippen LogP contribution in [0.1, 0.15) is 15.9 Å². The van der Waals surface area contributed by atoms with Gasteiger partial charge in [-0.3, -0.25) is 4.79 Å². The van der Waals surface area contributed by atoms with Gasteiger partial charge in [-0.15, -0.1) is 0 Å². The van der Waals surface area contributed by atoms with Crippen molar-refractivity contribution >= 4 is 17.4 Å². The third-order valence-corrected chi connectivity index (χ3v) is 2.92. The van der Waals surface area contributed by atoms with E-state index in [1.165, 1.54) is 25.3 Å². The van der Waals surface area contributed by atoms with Crippen LogP contribution in [0.15, 0.2) is 36.4 Å². The van der Waals surface area contributed by atoms with Crippen LogP contribution in [-0.4, -0.2) is 12.9 Å². The average Bonchev–Trinajstić information content (AvgIpc) is 2.40. The molecule has 2 aromatic carbocycles. The molecule has 2 rings (SSSR count). The van der Waals surface area contributed by atoms with Crippen LogP contribution in [0.2, 0.25) is 5.02 Å². The Morgan fingerprint density at radius 1 is 1.16 bits per heavy atom. The lowest BCUT2D eigenvalue weighted by Crippen LogP contribution is -2.04. The van der Waals surface area contributed by atoms with E-state index in [1.54, 1.807) is 0 Å². The molecule has 0 amide bonds. The number of rotatable bonds is 3. The summed E-state index contributed by atoms with van der Waals surface area (Å²) < 4.78 is 31.4. The van der Waals surface area contributed by atoms with Crippen molar-refractivity contribution in [2.45, 2.75) is 0 Å². The van der Waals surface area contributed by atoms with Crippen molar-refractivity contribution in [3.05, 3.63) is 64.2 Å². The Bertz CT molecular complexity index is 641. The summed E-state index contributed by atoms with van der Waals surface area (Å²) in [7, 11) is 1.32. The summed E-state index contributed by atoms with van der Waals surface area (Å²) >= 11 is 5.83. The Balaban J connectivity index is 2.44. The first-order valence-corrected chi connectivity index (χ1v) is 5.74. The summed E-state index contributed by atoms with van der Waals surface area (Å²) in [6, 6.07) is 7.20. The van der Waals surface area contributed by atoms with Gasteiger partial charge in [-0.05, 0) is 36.4 Å². The molecule has 5 heteroatoms. The maximum Gasteiger partial charge on any atom is 0.194 e. The summed E-state index contributed by atoms with van der Waals surface area (Å²) in [6.45, 7) is 0. The lowest BCUT2D eigenvalue weighted by molar-refractivity contribution is 0.103. The first-order chi connectivity index (χ1) is 9.02. The highest BCUT2D eigenvalue weighted by Crippen LogP contribution is 2.23. The third-order valence-electron chi connectivity index (χ3n) is 2.59. The lowest BCUT2D eigenvalue weighted by atomic mass is 10.0. The van der Waals surface area contributed by atoms with Gasteiger partial charge in [-0.2, -0.15) is 0 Å². The molecule has 0 saturated carbocycles. The standard InChI is InChI=1S/C14H9ClF2O2/c1-19-13-5-2-8(6-12(13)17)14(18)10-7-9(16)3-4-11(10)15/h2-7H,1H3. The molecule has 0 radical (unpaired) electrons. The fourth-order valence-corrected chi connectivity index (χ4v) is 1.84. The van der Waals surface area contributed by atoms with Gasteiger partial charge in [0.1, 0.15) is 5.82 Å². The number of halogens is 3. The molecule has 0 aromatic heterocycles. The third kappa shape index (κ3) is 2.74. The Labute approximate surface area is 113 Å². The van der Waals surface area contributed by atoms with E-state index >= 15 is 0 Å². The zero-order chi connectivity index (χ0) is 14.0. The van der Waals surface area contributed by atoms with Gasteiger partial charge in [0.15, 0.2) is 17.3 Å². The number of ether oxygens (including phenoxy) is 1. The van der Waals surface area contributed by atoms with E-state index in [4.69, 9.17) is 16.3 Å². The molecule has 98 valence electrons. The van der Waals surface area contributed by atoms with Crippen LogP contribution in [0.25, 0.3) is 0 Å². The predicted octanol–water partition coefficient (Wildman–Crippen LogP) is 3.86. The van der Waals surface area contributed by atoms with Gasteiger partial charge in [0.2, 0.25) is 0 Å². The van der Waals surface area contributed by atoms with Gasteiger partial charge in [0.05, 0.1) is 12.1 Å². The van der Waals surface area contributed by atoms with Crippen LogP contribution in [0.3, 0.4) is 0 Å². The van der Waals surface area contributed by atoms with Crippen LogP contribution < -0.4 is 4.74 Å². The minimum Gasteiger partial charge on any atom is -0.494 e. The van der Waals surface area contributed by atoms with Gasteiger partial charge in [-0.25, -0.2) is 8.78 Å². The van der Waals surface area contributed by atoms with E-state index in [-0.39, 0.29) is 21.9 Å². The smallest absolute Gasteiger partial charge is 0.194 e. The fourth-order valence-electron chi connectivity index (χ4n) is 1.63. The number of ketones is 1. The molecule has 0 fully saturated rings. The second kappa shape index (κ2) is 5.36. The molecule has 0 atom stereocenters. The average molecular weight is 283 g/mol. The van der Waals surface area contributed by atoms with Gasteiger partial charge in [0.25, 0.3) is 0 Å². The number of benzene rings is 2. The molecule has 0 aliphatic carbocycles. The molecule has 0 saturated heterocycles. The molecular formula is C14H9ClF2O2. The molecule has 0 aliphatic rings. The van der Waals surface area contributed by atoms with E-state index in [2.05, 4.69) is 0 Å². The zero-order valence-electron chi connectivity index (χ0n) is 9.91. The number of methoxy groups -OCH3 is 1. The predicted molar refractivity (Wildman–Crippen MR) is 67.8 cm³/mol. The highest BCUT2D eigenvalue weighted by atomic mass is 35.5. The van der Waals surface area contributed by atoms with E-state index in [9.17, 15) is 13.6 Å². The van der Waals surface area contributed by atoms with Gasteiger partial charge < -0.3 is 4.74 Å². The highest BCUT2D eigenvalue weighted by molar-refractivity contribution is 6.35. The molecule has 0 bridgehead atoms. The summed E-state index contributed by atoms with van der Waals surface area (Å²) in [5, 5.41) is 0.114. The quantitative estimate of drug-likeness (QED) is 0.799. The monoisotopic (exact) mass is 282 g/mol. The Morgan fingerprint density at radius 2 is 1.89 bits per heavy atom. The molecule has 0 heterocycles. The van der Waals surface area contributed by atoms with Crippen molar-refractivity contribution in [1.82, 2.24) is 0 Å². The molecule has 2 aromatic rings. The van der Waals surface area contributed by atoms with Crippen LogP contribution in [0, 0.1) is 11.6 Å². The summed E-state index contributed by atoms with van der Waals surface area (Å²) in [6.07, 6.45) is 0. The second-order valence-corrected chi connectivity index (χ2v) is 4.21. The molecular weight excluding hydrogens is 274 g/mol. The maximum atomic E-state index is 13.5. The van der Waals surface area contributed by atoms with Crippen LogP contribution in [-0.2, 0) is 0 Å². The number of hydrogen-bond donors (Lipinski definition) is 0. The number of carbonyl (C=O) groups is 1. The Kier molecular flexibility index (Phi) is 3.81. The fraction of sp³-hybridized carbons (Fsp3) is 0.0714. The van der Waals surface area contributed by atoms with Crippen molar-refractivity contribution < 1.29 is 18.3 Å². The summed E-state index contributed by atoms with van der Waals surface area (Å²) in [4.78, 5) is 12.1. The minimum absolute atomic E-state index is 0.00812. The minimum atomic E-state index is -0.666. The van der Waals surface area contributed by atoms with Gasteiger partial charge >= 0.3 is 0 Å². The normalized spacial score (nSPS) is 10.3. The van der Waals surface area contributed by atoms with Crippen molar-refractivity contribution in [2.24, 2.45) is 0 Å². The topological polar surface area (TPSA) is 26.3 Å². The SMILES string of the molecule is COc1ccc(C(=O)c2cc(F)ccc2Cl)cc1F. The molecule has 0 spiro atoms. The summed E-state index contributed by atoms with van der Waals surface area (Å²) in [5.74, 6) is -1.77. The molecule has 0 aliphatic heterocycles. The van der Waals surface area contributed by atoms with E-state index in [0.29, 0.717) is 0 Å². The first kappa shape index (κ1) is 13.5. The van der Waals surface area contributed by atoms with Gasteiger partial charge in [-0.1, -0.05) is 11.6 Å². The Hall–Kier alpha value is -1.94. The molecule has 2 nitrogen and oxygen atoms in total. The molecule has 0 N–H and O–H groups in total. The van der Waals surface area contributed by atoms with Crippen LogP contribution in [0.5, 0.6) is 5.75 Å². The van der Waals surface area contributed by atoms with E-state index < -0.39 is 17.4 Å². The molecule has 0 unspecified atom stereocenters. The second-order valence-electron chi connectivity index (χ2n) is 3.80. The Morgan fingerprint density at radius 3 is 2.53 bits per heavy atom. The zero-order valence-corrected chi connectivity index (χ0v) is 10.7. The first-order valence-electron chi connectivity index (χ1n) is 5.36. The van der Waals surface area contributed by atoms with Crippen LogP contribution in [0.4, 0.5) is 8.78 Å².